The molecular formula is C11H13BrF3N3. The van der Waals surface area contributed by atoms with E-state index in [0.29, 0.717) is 30.8 Å². The molecule has 1 fully saturated rings. The van der Waals surface area contributed by atoms with E-state index in [4.69, 9.17) is 0 Å². The second kappa shape index (κ2) is 5.54. The third kappa shape index (κ3) is 3.21. The summed E-state index contributed by atoms with van der Waals surface area (Å²) in [6.07, 6.45) is -2.89. The maximum absolute atomic E-state index is 13.2. The lowest BCUT2D eigenvalue weighted by atomic mass is 10.1. The second-order valence-corrected chi connectivity index (χ2v) is 4.95. The van der Waals surface area contributed by atoms with Crippen molar-refractivity contribution in [3.05, 3.63) is 28.5 Å². The number of alkyl halides is 3. The average molecular weight is 324 g/mol. The summed E-state index contributed by atoms with van der Waals surface area (Å²) < 4.78 is 40.1. The molecule has 3 nitrogen and oxygen atoms in total. The Morgan fingerprint density at radius 2 is 2.00 bits per heavy atom. The van der Waals surface area contributed by atoms with Crippen molar-refractivity contribution < 1.29 is 13.2 Å². The highest BCUT2D eigenvalue weighted by atomic mass is 79.9. The van der Waals surface area contributed by atoms with Gasteiger partial charge in [0.2, 0.25) is 0 Å². The van der Waals surface area contributed by atoms with Crippen LogP contribution in [0.5, 0.6) is 0 Å². The van der Waals surface area contributed by atoms with Crippen LogP contribution in [-0.2, 0) is 0 Å². The zero-order chi connectivity index (χ0) is 13.2. The molecule has 0 aromatic carbocycles. The molecule has 0 bridgehead atoms. The van der Waals surface area contributed by atoms with Crippen molar-refractivity contribution in [2.75, 3.05) is 26.2 Å². The van der Waals surface area contributed by atoms with Gasteiger partial charge in [0.05, 0.1) is 0 Å². The summed E-state index contributed by atoms with van der Waals surface area (Å²) in [7, 11) is 0. The van der Waals surface area contributed by atoms with E-state index < -0.39 is 12.2 Å². The zero-order valence-corrected chi connectivity index (χ0v) is 11.1. The summed E-state index contributed by atoms with van der Waals surface area (Å²) in [6, 6.07) is 1.30. The first-order chi connectivity index (χ1) is 8.48. The molecule has 2 heterocycles. The van der Waals surface area contributed by atoms with Gasteiger partial charge in [0.25, 0.3) is 0 Å². The van der Waals surface area contributed by atoms with Crippen molar-refractivity contribution >= 4 is 15.9 Å². The first-order valence-electron chi connectivity index (χ1n) is 5.61. The van der Waals surface area contributed by atoms with Crippen LogP contribution in [0.3, 0.4) is 0 Å². The molecule has 1 saturated heterocycles. The summed E-state index contributed by atoms with van der Waals surface area (Å²) in [4.78, 5) is 5.32. The van der Waals surface area contributed by atoms with Gasteiger partial charge >= 0.3 is 6.18 Å². The molecule has 0 amide bonds. The monoisotopic (exact) mass is 323 g/mol. The standard InChI is InChI=1S/C11H13BrF3N3/c12-9-7-8(1-2-17-9)10(11(13,14)15)18-5-3-16-4-6-18/h1-2,7,10,16H,3-6H2/t10-/m1/s1. The first kappa shape index (κ1) is 13.8. The second-order valence-electron chi connectivity index (χ2n) is 4.14. The summed E-state index contributed by atoms with van der Waals surface area (Å²) in [5.74, 6) is 0. The van der Waals surface area contributed by atoms with Gasteiger partial charge in [-0.25, -0.2) is 4.98 Å². The minimum atomic E-state index is -4.28. The summed E-state index contributed by atoms with van der Waals surface area (Å²) >= 11 is 3.11. The van der Waals surface area contributed by atoms with Gasteiger partial charge in [-0.3, -0.25) is 4.90 Å². The molecule has 0 saturated carbocycles. The third-order valence-electron chi connectivity index (χ3n) is 2.89. The van der Waals surface area contributed by atoms with E-state index in [1.807, 2.05) is 0 Å². The Bertz CT molecular complexity index is 405. The third-order valence-corrected chi connectivity index (χ3v) is 3.33. The van der Waals surface area contributed by atoms with Crippen LogP contribution >= 0.6 is 15.9 Å². The highest BCUT2D eigenvalue weighted by molar-refractivity contribution is 9.10. The topological polar surface area (TPSA) is 28.2 Å². The van der Waals surface area contributed by atoms with Crippen LogP contribution < -0.4 is 5.32 Å². The Kier molecular flexibility index (Phi) is 4.24. The highest BCUT2D eigenvalue weighted by Gasteiger charge is 2.44. The predicted octanol–water partition coefficient (Wildman–Crippen LogP) is 2.35. The largest absolute Gasteiger partial charge is 0.408 e. The van der Waals surface area contributed by atoms with Gasteiger partial charge in [0.15, 0.2) is 0 Å². The number of pyridine rings is 1. The number of hydrogen-bond acceptors (Lipinski definition) is 3. The Balaban J connectivity index is 2.30. The molecule has 0 aliphatic carbocycles. The smallest absolute Gasteiger partial charge is 0.314 e. The minimum Gasteiger partial charge on any atom is -0.314 e. The molecule has 0 spiro atoms. The predicted molar refractivity (Wildman–Crippen MR) is 65.2 cm³/mol. The van der Waals surface area contributed by atoms with E-state index in [1.54, 1.807) is 0 Å². The number of nitrogens with one attached hydrogen (secondary N) is 1. The molecule has 2 rings (SSSR count). The lowest BCUT2D eigenvalue weighted by molar-refractivity contribution is -0.187. The molecule has 7 heteroatoms. The number of halogens is 4. The van der Waals surface area contributed by atoms with E-state index in [0.717, 1.165) is 0 Å². The van der Waals surface area contributed by atoms with E-state index in [-0.39, 0.29) is 5.56 Å². The van der Waals surface area contributed by atoms with Crippen molar-refractivity contribution in [3.8, 4) is 0 Å². The lowest BCUT2D eigenvalue weighted by Gasteiger charge is -2.36. The lowest BCUT2D eigenvalue weighted by Crippen LogP contribution is -2.49. The number of nitrogens with zero attached hydrogens (tertiary/aromatic N) is 2. The molecule has 1 atom stereocenters. The van der Waals surface area contributed by atoms with Crippen LogP contribution in [0.2, 0.25) is 0 Å². The quantitative estimate of drug-likeness (QED) is 0.847. The first-order valence-corrected chi connectivity index (χ1v) is 6.41. The van der Waals surface area contributed by atoms with Crippen LogP contribution in [0.4, 0.5) is 13.2 Å². The summed E-state index contributed by atoms with van der Waals surface area (Å²) in [5.41, 5.74) is 0.228. The fourth-order valence-electron chi connectivity index (χ4n) is 2.13. The van der Waals surface area contributed by atoms with Crippen molar-refractivity contribution in [1.29, 1.82) is 0 Å². The normalized spacial score (nSPS) is 19.8. The van der Waals surface area contributed by atoms with Crippen LogP contribution in [-0.4, -0.2) is 42.2 Å². The molecule has 1 aromatic rings. The fourth-order valence-corrected chi connectivity index (χ4v) is 2.52. The average Bonchev–Trinajstić information content (AvgIpc) is 2.28. The van der Waals surface area contributed by atoms with E-state index in [9.17, 15) is 13.2 Å². The number of aromatic nitrogens is 1. The van der Waals surface area contributed by atoms with E-state index in [2.05, 4.69) is 26.2 Å². The van der Waals surface area contributed by atoms with E-state index >= 15 is 0 Å². The van der Waals surface area contributed by atoms with E-state index in [1.165, 1.54) is 23.2 Å². The van der Waals surface area contributed by atoms with Gasteiger partial charge in [0, 0.05) is 32.4 Å². The summed E-state index contributed by atoms with van der Waals surface area (Å²) in [5, 5.41) is 3.05. The molecule has 1 N–H and O–H groups in total. The summed E-state index contributed by atoms with van der Waals surface area (Å²) in [6.45, 7) is 1.95. The maximum Gasteiger partial charge on any atom is 0.408 e. The molecule has 0 radical (unpaired) electrons. The molecule has 1 aliphatic rings. The number of rotatable bonds is 2. The number of piperazine rings is 1. The Morgan fingerprint density at radius 3 is 2.56 bits per heavy atom. The SMILES string of the molecule is FC(F)(F)[C@@H](c1ccnc(Br)c1)N1CCNCC1. The molecule has 1 aliphatic heterocycles. The Morgan fingerprint density at radius 1 is 1.33 bits per heavy atom. The molecule has 0 unspecified atom stereocenters. The van der Waals surface area contributed by atoms with Crippen molar-refractivity contribution in [2.45, 2.75) is 12.2 Å². The maximum atomic E-state index is 13.2. The fraction of sp³-hybridized carbons (Fsp3) is 0.545. The molecule has 100 valence electrons. The van der Waals surface area contributed by atoms with Gasteiger partial charge in [-0.1, -0.05) is 0 Å². The van der Waals surface area contributed by atoms with Crippen LogP contribution in [0.1, 0.15) is 11.6 Å². The van der Waals surface area contributed by atoms with Crippen molar-refractivity contribution in [1.82, 2.24) is 15.2 Å². The molecule has 1 aromatic heterocycles. The van der Waals surface area contributed by atoms with Crippen LogP contribution in [0.15, 0.2) is 22.9 Å². The van der Waals surface area contributed by atoms with Gasteiger partial charge in [-0.05, 0) is 33.6 Å². The Hall–Kier alpha value is -0.660. The zero-order valence-electron chi connectivity index (χ0n) is 9.54. The van der Waals surface area contributed by atoms with Crippen molar-refractivity contribution in [3.63, 3.8) is 0 Å². The number of hydrogen-bond donors (Lipinski definition) is 1. The van der Waals surface area contributed by atoms with Crippen LogP contribution in [0.25, 0.3) is 0 Å². The van der Waals surface area contributed by atoms with Gasteiger partial charge in [-0.15, -0.1) is 0 Å². The van der Waals surface area contributed by atoms with Crippen molar-refractivity contribution in [2.24, 2.45) is 0 Å². The minimum absolute atomic E-state index is 0.228. The molecule has 18 heavy (non-hydrogen) atoms. The van der Waals surface area contributed by atoms with Gasteiger partial charge in [0.1, 0.15) is 10.6 Å². The Labute approximate surface area is 112 Å². The molecular weight excluding hydrogens is 311 g/mol. The van der Waals surface area contributed by atoms with Crippen LogP contribution in [0, 0.1) is 0 Å². The van der Waals surface area contributed by atoms with Gasteiger partial charge < -0.3 is 5.32 Å². The highest BCUT2D eigenvalue weighted by Crippen LogP contribution is 2.38. The van der Waals surface area contributed by atoms with Gasteiger partial charge in [-0.2, -0.15) is 13.2 Å².